The molecule has 1 unspecified atom stereocenters. The molecule has 5 nitrogen and oxygen atoms in total. The molecule has 0 amide bonds. The molecule has 0 radical (unpaired) electrons. The van der Waals surface area contributed by atoms with Crippen LogP contribution in [0.15, 0.2) is 12.1 Å². The van der Waals surface area contributed by atoms with E-state index in [0.717, 1.165) is 32.4 Å². The monoisotopic (exact) mass is 336 g/mol. The first-order valence-electron chi connectivity index (χ1n) is 9.47. The normalized spacial score (nSPS) is 17.6. The number of nitrogens with one attached hydrogen (secondary N) is 1. The fraction of sp³-hybridized carbons (Fsp3) is 0.737. The summed E-state index contributed by atoms with van der Waals surface area (Å²) in [5.41, 5.74) is 0. The van der Waals surface area contributed by atoms with Crippen molar-refractivity contribution in [3.05, 3.63) is 12.1 Å². The number of aromatic hydroxyl groups is 1. The zero-order chi connectivity index (χ0) is 17.0. The number of rotatable bonds is 11. The SMILES string of the molecule is CCCCCCCCNc1cc(O)cc(OCC2CCCCO2)n1. The van der Waals surface area contributed by atoms with Gasteiger partial charge in [0.25, 0.3) is 0 Å². The fourth-order valence-electron chi connectivity index (χ4n) is 2.89. The summed E-state index contributed by atoms with van der Waals surface area (Å²) in [6.45, 7) is 4.41. The van der Waals surface area contributed by atoms with E-state index in [0.29, 0.717) is 18.3 Å². The first-order valence-corrected chi connectivity index (χ1v) is 9.47. The Morgan fingerprint density at radius 3 is 2.83 bits per heavy atom. The topological polar surface area (TPSA) is 63.6 Å². The molecule has 1 fully saturated rings. The molecule has 136 valence electrons. The van der Waals surface area contributed by atoms with Gasteiger partial charge in [0.05, 0.1) is 6.10 Å². The highest BCUT2D eigenvalue weighted by atomic mass is 16.5. The molecule has 0 bridgehead atoms. The summed E-state index contributed by atoms with van der Waals surface area (Å²) in [5, 5.41) is 13.1. The van der Waals surface area contributed by atoms with Gasteiger partial charge in [-0.05, 0) is 25.7 Å². The third kappa shape index (κ3) is 7.39. The lowest BCUT2D eigenvalue weighted by Crippen LogP contribution is -2.26. The highest BCUT2D eigenvalue weighted by molar-refractivity contribution is 5.44. The standard InChI is InChI=1S/C19H32N2O3/c1-2-3-4-5-6-8-11-20-18-13-16(22)14-19(21-18)24-15-17-10-7-9-12-23-17/h13-14,17H,2-12,15H2,1H3,(H2,20,21,22). The molecule has 2 N–H and O–H groups in total. The number of nitrogens with zero attached hydrogens (tertiary/aromatic N) is 1. The van der Waals surface area contributed by atoms with Crippen molar-refractivity contribution in [2.75, 3.05) is 25.1 Å². The minimum Gasteiger partial charge on any atom is -0.508 e. The summed E-state index contributed by atoms with van der Waals surface area (Å²) >= 11 is 0. The molecule has 0 spiro atoms. The van der Waals surface area contributed by atoms with Crippen molar-refractivity contribution in [1.29, 1.82) is 0 Å². The summed E-state index contributed by atoms with van der Waals surface area (Å²) in [6.07, 6.45) is 11.1. The maximum atomic E-state index is 9.84. The van der Waals surface area contributed by atoms with Gasteiger partial charge in [0.1, 0.15) is 18.2 Å². The molecule has 2 heterocycles. The third-order valence-corrected chi connectivity index (χ3v) is 4.31. The average Bonchev–Trinajstić information content (AvgIpc) is 2.60. The Morgan fingerprint density at radius 1 is 1.21 bits per heavy atom. The van der Waals surface area contributed by atoms with Gasteiger partial charge >= 0.3 is 0 Å². The molecule has 1 aliphatic heterocycles. The van der Waals surface area contributed by atoms with E-state index < -0.39 is 0 Å². The molecule has 1 atom stereocenters. The number of hydrogen-bond acceptors (Lipinski definition) is 5. The van der Waals surface area contributed by atoms with Crippen LogP contribution in [-0.2, 0) is 4.74 Å². The van der Waals surface area contributed by atoms with E-state index in [1.165, 1.54) is 38.5 Å². The van der Waals surface area contributed by atoms with Crippen LogP contribution in [0.25, 0.3) is 0 Å². The van der Waals surface area contributed by atoms with Crippen LogP contribution in [-0.4, -0.2) is 36.0 Å². The van der Waals surface area contributed by atoms with E-state index in [-0.39, 0.29) is 11.9 Å². The van der Waals surface area contributed by atoms with Crippen molar-refractivity contribution in [2.24, 2.45) is 0 Å². The maximum absolute atomic E-state index is 9.84. The molecule has 0 aromatic carbocycles. The van der Waals surface area contributed by atoms with Gasteiger partial charge in [0, 0.05) is 25.3 Å². The number of ether oxygens (including phenoxy) is 2. The summed E-state index contributed by atoms with van der Waals surface area (Å²) in [6, 6.07) is 3.19. The highest BCUT2D eigenvalue weighted by Gasteiger charge is 2.15. The first kappa shape index (κ1) is 18.8. The van der Waals surface area contributed by atoms with E-state index in [1.807, 2.05) is 0 Å². The Balaban J connectivity index is 1.69. The van der Waals surface area contributed by atoms with Crippen LogP contribution < -0.4 is 10.1 Å². The van der Waals surface area contributed by atoms with E-state index >= 15 is 0 Å². The molecule has 0 saturated carbocycles. The highest BCUT2D eigenvalue weighted by Crippen LogP contribution is 2.22. The van der Waals surface area contributed by atoms with Gasteiger partial charge in [0.2, 0.25) is 5.88 Å². The second-order valence-corrected chi connectivity index (χ2v) is 6.54. The van der Waals surface area contributed by atoms with Crippen LogP contribution in [0.5, 0.6) is 11.6 Å². The van der Waals surface area contributed by atoms with E-state index in [9.17, 15) is 5.11 Å². The Labute approximate surface area is 145 Å². The van der Waals surface area contributed by atoms with Gasteiger partial charge in [-0.25, -0.2) is 0 Å². The van der Waals surface area contributed by atoms with Crippen LogP contribution in [0.4, 0.5) is 5.82 Å². The Morgan fingerprint density at radius 2 is 2.04 bits per heavy atom. The van der Waals surface area contributed by atoms with Crippen LogP contribution >= 0.6 is 0 Å². The molecule has 0 aliphatic carbocycles. The Kier molecular flexibility index (Phi) is 8.74. The van der Waals surface area contributed by atoms with Crippen LogP contribution in [0.2, 0.25) is 0 Å². The van der Waals surface area contributed by atoms with E-state index in [1.54, 1.807) is 12.1 Å². The van der Waals surface area contributed by atoms with Gasteiger partial charge in [-0.15, -0.1) is 0 Å². The second-order valence-electron chi connectivity index (χ2n) is 6.54. The smallest absolute Gasteiger partial charge is 0.219 e. The second kappa shape index (κ2) is 11.1. The third-order valence-electron chi connectivity index (χ3n) is 4.31. The zero-order valence-electron chi connectivity index (χ0n) is 14.9. The van der Waals surface area contributed by atoms with Crippen molar-refractivity contribution in [2.45, 2.75) is 70.8 Å². The van der Waals surface area contributed by atoms with E-state index in [4.69, 9.17) is 9.47 Å². The van der Waals surface area contributed by atoms with Gasteiger partial charge < -0.3 is 19.9 Å². The number of anilines is 1. The predicted octanol–water partition coefficient (Wildman–Crippen LogP) is 4.51. The van der Waals surface area contributed by atoms with Gasteiger partial charge in [-0.1, -0.05) is 39.0 Å². The predicted molar refractivity (Wildman–Crippen MR) is 96.9 cm³/mol. The minimum absolute atomic E-state index is 0.141. The van der Waals surface area contributed by atoms with Crippen molar-refractivity contribution >= 4 is 5.82 Å². The number of unbranched alkanes of at least 4 members (excludes halogenated alkanes) is 5. The first-order chi connectivity index (χ1) is 11.8. The maximum Gasteiger partial charge on any atom is 0.219 e. The summed E-state index contributed by atoms with van der Waals surface area (Å²) in [7, 11) is 0. The molecule has 2 rings (SSSR count). The van der Waals surface area contributed by atoms with E-state index in [2.05, 4.69) is 17.2 Å². The quantitative estimate of drug-likeness (QED) is 0.582. The van der Waals surface area contributed by atoms with Crippen LogP contribution in [0.1, 0.15) is 64.7 Å². The van der Waals surface area contributed by atoms with Crippen molar-refractivity contribution < 1.29 is 14.6 Å². The van der Waals surface area contributed by atoms with Crippen LogP contribution in [0.3, 0.4) is 0 Å². The van der Waals surface area contributed by atoms with Crippen molar-refractivity contribution in [3.8, 4) is 11.6 Å². The Hall–Kier alpha value is -1.49. The molecule has 1 aromatic rings. The molecular formula is C19H32N2O3. The summed E-state index contributed by atoms with van der Waals surface area (Å²) in [4.78, 5) is 4.42. The minimum atomic E-state index is 0.141. The lowest BCUT2D eigenvalue weighted by atomic mass is 10.1. The van der Waals surface area contributed by atoms with Crippen molar-refractivity contribution in [1.82, 2.24) is 4.98 Å². The summed E-state index contributed by atoms with van der Waals surface area (Å²) < 4.78 is 11.4. The van der Waals surface area contributed by atoms with Gasteiger partial charge in [-0.3, -0.25) is 0 Å². The van der Waals surface area contributed by atoms with Gasteiger partial charge in [0.15, 0.2) is 0 Å². The molecule has 1 aliphatic rings. The number of aromatic nitrogens is 1. The van der Waals surface area contributed by atoms with Crippen molar-refractivity contribution in [3.63, 3.8) is 0 Å². The largest absolute Gasteiger partial charge is 0.508 e. The lowest BCUT2D eigenvalue weighted by molar-refractivity contribution is -0.0119. The number of pyridine rings is 1. The Bertz CT molecular complexity index is 462. The fourth-order valence-corrected chi connectivity index (χ4v) is 2.89. The van der Waals surface area contributed by atoms with Gasteiger partial charge in [-0.2, -0.15) is 4.98 Å². The zero-order valence-corrected chi connectivity index (χ0v) is 14.9. The number of hydrogen-bond donors (Lipinski definition) is 2. The molecule has 1 aromatic heterocycles. The molecule has 1 saturated heterocycles. The lowest BCUT2D eigenvalue weighted by Gasteiger charge is -2.22. The summed E-state index contributed by atoms with van der Waals surface area (Å²) in [5.74, 6) is 1.30. The van der Waals surface area contributed by atoms with Crippen LogP contribution in [0, 0.1) is 0 Å². The molecule has 24 heavy (non-hydrogen) atoms. The molecular weight excluding hydrogens is 304 g/mol. The average molecular weight is 336 g/mol. The molecule has 5 heteroatoms.